The lowest BCUT2D eigenvalue weighted by molar-refractivity contribution is -0.386. The van der Waals surface area contributed by atoms with E-state index in [9.17, 15) is 14.9 Å². The molecule has 0 aliphatic rings. The molecule has 124 valence electrons. The molecule has 2 aromatic rings. The van der Waals surface area contributed by atoms with Crippen LogP contribution in [0.25, 0.3) is 0 Å². The zero-order chi connectivity index (χ0) is 17.3. The van der Waals surface area contributed by atoms with Gasteiger partial charge in [-0.15, -0.1) is 0 Å². The van der Waals surface area contributed by atoms with E-state index in [1.807, 2.05) is 13.8 Å². The molecule has 0 N–H and O–H groups in total. The van der Waals surface area contributed by atoms with E-state index in [2.05, 4.69) is 26.1 Å². The maximum Gasteiger partial charge on any atom is 0.312 e. The Hall–Kier alpha value is -2.03. The van der Waals surface area contributed by atoms with Gasteiger partial charge in [0.2, 0.25) is 5.91 Å². The summed E-state index contributed by atoms with van der Waals surface area (Å²) in [6.45, 7) is 7.38. The number of carbonyl (C=O) groups excluding carboxylic acids is 1. The molecule has 0 aromatic carbocycles. The molecule has 2 heterocycles. The first kappa shape index (κ1) is 17.3. The molecule has 9 heteroatoms. The Labute approximate surface area is 141 Å². The summed E-state index contributed by atoms with van der Waals surface area (Å²) in [5.74, 6) is -0.104. The summed E-state index contributed by atoms with van der Waals surface area (Å²) in [7, 11) is 0. The molecule has 0 atom stereocenters. The molecule has 0 spiro atoms. The fraction of sp³-hybridized carbons (Fsp3) is 0.500. The highest BCUT2D eigenvalue weighted by atomic mass is 79.9. The second-order valence-corrected chi connectivity index (χ2v) is 6.19. The van der Waals surface area contributed by atoms with Gasteiger partial charge in [-0.1, -0.05) is 0 Å². The summed E-state index contributed by atoms with van der Waals surface area (Å²) in [6.07, 6.45) is 0.828. The van der Waals surface area contributed by atoms with E-state index in [0.717, 1.165) is 15.9 Å². The molecule has 2 rings (SSSR count). The standard InChI is InChI=1S/C14H18BrN5O3/c1-8-13(15)10(3)19(17-8)12(21)6-5-7-18-11(4)14(20(22)23)9(2)16-18/h5-7H2,1-4H3. The van der Waals surface area contributed by atoms with Crippen LogP contribution in [0.5, 0.6) is 0 Å². The Morgan fingerprint density at radius 3 is 2.30 bits per heavy atom. The maximum atomic E-state index is 12.2. The lowest BCUT2D eigenvalue weighted by Gasteiger charge is -2.05. The van der Waals surface area contributed by atoms with Crippen LogP contribution in [0.15, 0.2) is 4.47 Å². The summed E-state index contributed by atoms with van der Waals surface area (Å²) in [5, 5.41) is 19.4. The van der Waals surface area contributed by atoms with E-state index in [1.165, 1.54) is 4.68 Å². The number of aryl methyl sites for hydroxylation is 3. The summed E-state index contributed by atoms with van der Waals surface area (Å²) < 4.78 is 3.81. The van der Waals surface area contributed by atoms with Gasteiger partial charge in [0.1, 0.15) is 11.4 Å². The Balaban J connectivity index is 2.03. The van der Waals surface area contributed by atoms with Crippen molar-refractivity contribution in [2.24, 2.45) is 0 Å². The van der Waals surface area contributed by atoms with Crippen molar-refractivity contribution in [2.45, 2.75) is 47.1 Å². The maximum absolute atomic E-state index is 12.2. The SMILES string of the molecule is Cc1nn(C(=O)CCCn2nc(C)c([N+](=O)[O-])c2C)c(C)c1Br. The van der Waals surface area contributed by atoms with Gasteiger partial charge in [0, 0.05) is 13.0 Å². The number of halogens is 1. The Morgan fingerprint density at radius 1 is 1.17 bits per heavy atom. The highest BCUT2D eigenvalue weighted by Gasteiger charge is 2.21. The Bertz CT molecular complexity index is 778. The molecule has 0 fully saturated rings. The van der Waals surface area contributed by atoms with Crippen LogP contribution in [0.3, 0.4) is 0 Å². The first-order chi connectivity index (χ1) is 10.7. The van der Waals surface area contributed by atoms with Crippen molar-refractivity contribution in [1.29, 1.82) is 0 Å². The lowest BCUT2D eigenvalue weighted by atomic mass is 10.3. The van der Waals surface area contributed by atoms with Gasteiger partial charge in [-0.25, -0.2) is 4.68 Å². The molecule has 0 aliphatic carbocycles. The zero-order valence-corrected chi connectivity index (χ0v) is 15.0. The van der Waals surface area contributed by atoms with Gasteiger partial charge in [0.05, 0.1) is 20.8 Å². The predicted molar refractivity (Wildman–Crippen MR) is 87.6 cm³/mol. The third-order valence-corrected chi connectivity index (χ3v) is 4.87. The number of nitro groups is 1. The topological polar surface area (TPSA) is 95.8 Å². The monoisotopic (exact) mass is 383 g/mol. The minimum Gasteiger partial charge on any atom is -0.273 e. The molecule has 0 saturated heterocycles. The summed E-state index contributed by atoms with van der Waals surface area (Å²) in [4.78, 5) is 22.8. The number of hydrogen-bond donors (Lipinski definition) is 0. The van der Waals surface area contributed by atoms with Crippen molar-refractivity contribution in [3.05, 3.63) is 37.4 Å². The molecule has 0 aliphatic heterocycles. The fourth-order valence-electron chi connectivity index (χ4n) is 2.52. The minimum atomic E-state index is -0.424. The number of hydrogen-bond acceptors (Lipinski definition) is 5. The average Bonchev–Trinajstić information content (AvgIpc) is 2.90. The van der Waals surface area contributed by atoms with Crippen LogP contribution in [0.2, 0.25) is 0 Å². The van der Waals surface area contributed by atoms with E-state index in [0.29, 0.717) is 30.8 Å². The first-order valence-corrected chi connectivity index (χ1v) is 7.96. The van der Waals surface area contributed by atoms with Crippen LogP contribution in [0, 0.1) is 37.8 Å². The van der Waals surface area contributed by atoms with Gasteiger partial charge in [-0.05, 0) is 50.0 Å². The van der Waals surface area contributed by atoms with Crippen molar-refractivity contribution >= 4 is 27.5 Å². The molecular formula is C14H18BrN5O3. The van der Waals surface area contributed by atoms with E-state index in [-0.39, 0.29) is 11.6 Å². The second-order valence-electron chi connectivity index (χ2n) is 5.39. The van der Waals surface area contributed by atoms with Crippen LogP contribution in [-0.4, -0.2) is 30.4 Å². The van der Waals surface area contributed by atoms with Gasteiger partial charge < -0.3 is 0 Å². The number of nitrogens with zero attached hydrogens (tertiary/aromatic N) is 5. The predicted octanol–water partition coefficient (Wildman–Crippen LogP) is 3.10. The third kappa shape index (κ3) is 3.34. The van der Waals surface area contributed by atoms with Gasteiger partial charge in [-0.3, -0.25) is 19.6 Å². The van der Waals surface area contributed by atoms with Crippen molar-refractivity contribution in [3.63, 3.8) is 0 Å². The minimum absolute atomic E-state index is 0.0406. The highest BCUT2D eigenvalue weighted by molar-refractivity contribution is 9.10. The van der Waals surface area contributed by atoms with E-state index < -0.39 is 4.92 Å². The Morgan fingerprint density at radius 2 is 1.83 bits per heavy atom. The van der Waals surface area contributed by atoms with Crippen molar-refractivity contribution in [1.82, 2.24) is 19.6 Å². The molecule has 0 saturated carbocycles. The van der Waals surface area contributed by atoms with Crippen LogP contribution in [-0.2, 0) is 6.54 Å². The molecule has 0 amide bonds. The smallest absolute Gasteiger partial charge is 0.273 e. The Kier molecular flexibility index (Phi) is 4.98. The van der Waals surface area contributed by atoms with E-state index >= 15 is 0 Å². The summed E-state index contributed by atoms with van der Waals surface area (Å²) in [5.41, 5.74) is 2.48. The average molecular weight is 384 g/mol. The van der Waals surface area contributed by atoms with Gasteiger partial charge in [0.25, 0.3) is 0 Å². The van der Waals surface area contributed by atoms with E-state index in [1.54, 1.807) is 18.5 Å². The number of aromatic nitrogens is 4. The number of rotatable bonds is 5. The third-order valence-electron chi connectivity index (χ3n) is 3.73. The molecule has 8 nitrogen and oxygen atoms in total. The van der Waals surface area contributed by atoms with Crippen LogP contribution >= 0.6 is 15.9 Å². The summed E-state index contributed by atoms with van der Waals surface area (Å²) >= 11 is 3.39. The van der Waals surface area contributed by atoms with E-state index in [4.69, 9.17) is 0 Å². The zero-order valence-electron chi connectivity index (χ0n) is 13.5. The quantitative estimate of drug-likeness (QED) is 0.583. The molecule has 0 bridgehead atoms. The molecule has 23 heavy (non-hydrogen) atoms. The van der Waals surface area contributed by atoms with Gasteiger partial charge in [-0.2, -0.15) is 10.2 Å². The fourth-order valence-corrected chi connectivity index (χ4v) is 2.77. The van der Waals surface area contributed by atoms with Crippen LogP contribution < -0.4 is 0 Å². The second kappa shape index (κ2) is 6.61. The molecule has 0 unspecified atom stereocenters. The van der Waals surface area contributed by atoms with Crippen LogP contribution in [0.4, 0.5) is 5.69 Å². The lowest BCUT2D eigenvalue weighted by Crippen LogP contribution is -2.15. The highest BCUT2D eigenvalue weighted by Crippen LogP contribution is 2.22. The molecule has 2 aromatic heterocycles. The number of carbonyl (C=O) groups is 1. The molecule has 0 radical (unpaired) electrons. The van der Waals surface area contributed by atoms with Crippen molar-refractivity contribution in [2.75, 3.05) is 0 Å². The molecular weight excluding hydrogens is 366 g/mol. The summed E-state index contributed by atoms with van der Waals surface area (Å²) in [6, 6.07) is 0. The van der Waals surface area contributed by atoms with Crippen molar-refractivity contribution < 1.29 is 9.72 Å². The van der Waals surface area contributed by atoms with Crippen molar-refractivity contribution in [3.8, 4) is 0 Å². The first-order valence-electron chi connectivity index (χ1n) is 7.17. The van der Waals surface area contributed by atoms with Gasteiger partial charge in [0.15, 0.2) is 0 Å². The normalized spacial score (nSPS) is 11.0. The van der Waals surface area contributed by atoms with Crippen LogP contribution in [0.1, 0.15) is 40.4 Å². The largest absolute Gasteiger partial charge is 0.312 e. The van der Waals surface area contributed by atoms with Gasteiger partial charge >= 0.3 is 5.69 Å².